The third kappa shape index (κ3) is 4.01. The number of piperidine rings is 1. The lowest BCUT2D eigenvalue weighted by atomic mass is 9.89. The number of H-pyrrole nitrogens is 1. The first kappa shape index (κ1) is 21.4. The molecule has 3 aromatic heterocycles. The van der Waals surface area contributed by atoms with E-state index in [1.54, 1.807) is 23.5 Å². The standard InChI is InChI=1S/C24H30N4O3S/c1-13-4-6-17-19(12-13)32-24-20(17)23(30)26-21(27-24)15(3)28-10-8-16(9-11-28)25-22(29)18-7-5-14(2)31-18/h5,7,13,15-16H,4,6,8-12H2,1-3H3,(H,25,29)(H,26,27,30). The fourth-order valence-electron chi connectivity index (χ4n) is 4.98. The van der Waals surface area contributed by atoms with Gasteiger partial charge in [0.2, 0.25) is 0 Å². The third-order valence-electron chi connectivity index (χ3n) is 6.96. The summed E-state index contributed by atoms with van der Waals surface area (Å²) < 4.78 is 5.42. The van der Waals surface area contributed by atoms with E-state index in [-0.39, 0.29) is 23.6 Å². The van der Waals surface area contributed by atoms with Crippen molar-refractivity contribution < 1.29 is 9.21 Å². The second-order valence-corrected chi connectivity index (χ2v) is 10.4. The van der Waals surface area contributed by atoms with Crippen molar-refractivity contribution in [2.45, 2.75) is 65.0 Å². The maximum Gasteiger partial charge on any atom is 0.287 e. The quantitative estimate of drug-likeness (QED) is 0.623. The van der Waals surface area contributed by atoms with Crippen molar-refractivity contribution in [3.8, 4) is 0 Å². The lowest BCUT2D eigenvalue weighted by Gasteiger charge is -2.35. The number of aryl methyl sites for hydroxylation is 2. The maximum atomic E-state index is 12.9. The lowest BCUT2D eigenvalue weighted by molar-refractivity contribution is 0.0865. The lowest BCUT2D eigenvalue weighted by Crippen LogP contribution is -2.45. The molecule has 7 nitrogen and oxygen atoms in total. The largest absolute Gasteiger partial charge is 0.456 e. The molecule has 2 unspecified atom stereocenters. The molecule has 170 valence electrons. The van der Waals surface area contributed by atoms with Crippen LogP contribution < -0.4 is 10.9 Å². The first-order valence-corrected chi connectivity index (χ1v) is 12.4. The van der Waals surface area contributed by atoms with Crippen LogP contribution in [0.15, 0.2) is 21.3 Å². The monoisotopic (exact) mass is 454 g/mol. The van der Waals surface area contributed by atoms with E-state index in [1.165, 1.54) is 10.4 Å². The average Bonchev–Trinajstić information content (AvgIpc) is 3.36. The minimum absolute atomic E-state index is 0.000191. The molecule has 1 saturated heterocycles. The van der Waals surface area contributed by atoms with Gasteiger partial charge in [0.15, 0.2) is 5.76 Å². The number of nitrogens with zero attached hydrogens (tertiary/aromatic N) is 2. The highest BCUT2D eigenvalue weighted by atomic mass is 32.1. The average molecular weight is 455 g/mol. The molecule has 2 aliphatic rings. The van der Waals surface area contributed by atoms with Gasteiger partial charge in [-0.15, -0.1) is 11.3 Å². The van der Waals surface area contributed by atoms with E-state index in [0.29, 0.717) is 11.7 Å². The molecule has 5 rings (SSSR count). The molecule has 32 heavy (non-hydrogen) atoms. The zero-order chi connectivity index (χ0) is 22.4. The van der Waals surface area contributed by atoms with Gasteiger partial charge in [0.25, 0.3) is 11.5 Å². The molecule has 2 atom stereocenters. The number of rotatable bonds is 4. The molecule has 1 amide bonds. The minimum atomic E-state index is -0.156. The fraction of sp³-hybridized carbons (Fsp3) is 0.542. The van der Waals surface area contributed by atoms with Gasteiger partial charge < -0.3 is 14.7 Å². The number of amides is 1. The van der Waals surface area contributed by atoms with Crippen LogP contribution in [0.5, 0.6) is 0 Å². The summed E-state index contributed by atoms with van der Waals surface area (Å²) in [5.74, 6) is 2.35. The predicted molar refractivity (Wildman–Crippen MR) is 125 cm³/mol. The van der Waals surface area contributed by atoms with E-state index in [0.717, 1.165) is 67.0 Å². The van der Waals surface area contributed by atoms with Gasteiger partial charge in [-0.2, -0.15) is 0 Å². The Labute approximate surface area is 191 Å². The first-order chi connectivity index (χ1) is 15.4. The maximum absolute atomic E-state index is 12.9. The molecule has 4 heterocycles. The van der Waals surface area contributed by atoms with E-state index >= 15 is 0 Å². The summed E-state index contributed by atoms with van der Waals surface area (Å²) in [6.45, 7) is 7.88. The molecule has 0 bridgehead atoms. The number of likely N-dealkylation sites (tertiary alicyclic amines) is 1. The van der Waals surface area contributed by atoms with Gasteiger partial charge in [-0.3, -0.25) is 14.5 Å². The summed E-state index contributed by atoms with van der Waals surface area (Å²) in [4.78, 5) is 37.8. The Morgan fingerprint density at radius 2 is 2.09 bits per heavy atom. The van der Waals surface area contributed by atoms with Crippen LogP contribution in [0.25, 0.3) is 10.2 Å². The van der Waals surface area contributed by atoms with Crippen molar-refractivity contribution in [2.75, 3.05) is 13.1 Å². The van der Waals surface area contributed by atoms with Crippen molar-refractivity contribution in [3.63, 3.8) is 0 Å². The summed E-state index contributed by atoms with van der Waals surface area (Å²) in [7, 11) is 0. The predicted octanol–water partition coefficient (Wildman–Crippen LogP) is 3.97. The van der Waals surface area contributed by atoms with Gasteiger partial charge in [-0.1, -0.05) is 6.92 Å². The van der Waals surface area contributed by atoms with Crippen molar-refractivity contribution >= 4 is 27.5 Å². The van der Waals surface area contributed by atoms with Crippen molar-refractivity contribution in [1.29, 1.82) is 0 Å². The molecular weight excluding hydrogens is 424 g/mol. The number of aromatic amines is 1. The molecule has 1 aliphatic carbocycles. The first-order valence-electron chi connectivity index (χ1n) is 11.5. The Bertz CT molecular complexity index is 1200. The van der Waals surface area contributed by atoms with Gasteiger partial charge in [-0.05, 0) is 69.6 Å². The Morgan fingerprint density at radius 1 is 1.31 bits per heavy atom. The number of nitrogens with one attached hydrogen (secondary N) is 2. The molecular formula is C24H30N4O3S. The number of carbonyl (C=O) groups excluding carboxylic acids is 1. The van der Waals surface area contributed by atoms with Gasteiger partial charge in [0.05, 0.1) is 11.4 Å². The number of hydrogen-bond acceptors (Lipinski definition) is 6. The normalized spacial score (nSPS) is 20.9. The minimum Gasteiger partial charge on any atom is -0.456 e. The topological polar surface area (TPSA) is 91.2 Å². The molecule has 8 heteroatoms. The van der Waals surface area contributed by atoms with Gasteiger partial charge in [0, 0.05) is 24.0 Å². The second kappa shape index (κ2) is 8.48. The molecule has 3 aromatic rings. The van der Waals surface area contributed by atoms with E-state index < -0.39 is 0 Å². The molecule has 1 fully saturated rings. The van der Waals surface area contributed by atoms with E-state index in [1.807, 2.05) is 6.92 Å². The van der Waals surface area contributed by atoms with Crippen LogP contribution in [0.4, 0.5) is 0 Å². The number of thiophene rings is 1. The Hall–Kier alpha value is -2.45. The number of furan rings is 1. The zero-order valence-electron chi connectivity index (χ0n) is 18.9. The van der Waals surface area contributed by atoms with Crippen LogP contribution in [0, 0.1) is 12.8 Å². The summed E-state index contributed by atoms with van der Waals surface area (Å²) in [6, 6.07) is 3.66. The van der Waals surface area contributed by atoms with Crippen LogP contribution >= 0.6 is 11.3 Å². The Morgan fingerprint density at radius 3 is 2.81 bits per heavy atom. The SMILES string of the molecule is Cc1ccc(C(=O)NC2CCN(C(C)c3nc4sc5c(c4c(=O)[nH]3)CCC(C)C5)CC2)o1. The molecule has 0 radical (unpaired) electrons. The van der Waals surface area contributed by atoms with Gasteiger partial charge in [-0.25, -0.2) is 4.98 Å². The number of carbonyl (C=O) groups is 1. The van der Waals surface area contributed by atoms with E-state index in [4.69, 9.17) is 9.40 Å². The van der Waals surface area contributed by atoms with Crippen molar-refractivity contribution in [2.24, 2.45) is 5.92 Å². The molecule has 0 spiro atoms. The number of hydrogen-bond donors (Lipinski definition) is 2. The third-order valence-corrected chi connectivity index (χ3v) is 8.10. The fourth-order valence-corrected chi connectivity index (χ4v) is 6.37. The van der Waals surface area contributed by atoms with Crippen molar-refractivity contribution in [3.05, 3.63) is 50.3 Å². The molecule has 0 saturated carbocycles. The Balaban J connectivity index is 1.26. The summed E-state index contributed by atoms with van der Waals surface area (Å²) in [6.07, 6.45) is 4.88. The molecule has 0 aromatic carbocycles. The summed E-state index contributed by atoms with van der Waals surface area (Å²) in [5.41, 5.74) is 1.22. The van der Waals surface area contributed by atoms with Crippen molar-refractivity contribution in [1.82, 2.24) is 20.2 Å². The molecule has 2 N–H and O–H groups in total. The van der Waals surface area contributed by atoms with E-state index in [2.05, 4.69) is 29.0 Å². The highest BCUT2D eigenvalue weighted by molar-refractivity contribution is 7.18. The zero-order valence-corrected chi connectivity index (χ0v) is 19.7. The number of aromatic nitrogens is 2. The highest BCUT2D eigenvalue weighted by Crippen LogP contribution is 2.36. The smallest absolute Gasteiger partial charge is 0.287 e. The second-order valence-electron chi connectivity index (χ2n) is 9.35. The summed E-state index contributed by atoms with van der Waals surface area (Å²) >= 11 is 1.70. The van der Waals surface area contributed by atoms with Crippen LogP contribution in [0.2, 0.25) is 0 Å². The van der Waals surface area contributed by atoms with Gasteiger partial charge >= 0.3 is 0 Å². The highest BCUT2D eigenvalue weighted by Gasteiger charge is 2.28. The summed E-state index contributed by atoms with van der Waals surface area (Å²) in [5, 5.41) is 3.89. The van der Waals surface area contributed by atoms with Gasteiger partial charge in [0.1, 0.15) is 16.4 Å². The van der Waals surface area contributed by atoms with Crippen LogP contribution in [-0.4, -0.2) is 39.9 Å². The van der Waals surface area contributed by atoms with Crippen LogP contribution in [0.1, 0.15) is 71.7 Å². The Kier molecular flexibility index (Phi) is 5.67. The van der Waals surface area contributed by atoms with Crippen LogP contribution in [-0.2, 0) is 12.8 Å². The molecule has 1 aliphatic heterocycles. The van der Waals surface area contributed by atoms with Crippen LogP contribution in [0.3, 0.4) is 0 Å². The van der Waals surface area contributed by atoms with E-state index in [9.17, 15) is 9.59 Å². The number of fused-ring (bicyclic) bond motifs is 3.